The molecule has 0 saturated carbocycles. The summed E-state index contributed by atoms with van der Waals surface area (Å²) in [5.74, 6) is 0.232. The highest BCUT2D eigenvalue weighted by atomic mass is 19.1. The van der Waals surface area contributed by atoms with Gasteiger partial charge in [-0.3, -0.25) is 4.68 Å². The lowest BCUT2D eigenvalue weighted by atomic mass is 10.2. The number of benzene rings is 1. The van der Waals surface area contributed by atoms with Gasteiger partial charge in [-0.15, -0.1) is 0 Å². The first-order valence-corrected chi connectivity index (χ1v) is 6.25. The van der Waals surface area contributed by atoms with E-state index in [1.807, 2.05) is 31.8 Å². The summed E-state index contributed by atoms with van der Waals surface area (Å²) >= 11 is 0. The number of hydrogen-bond donors (Lipinski definition) is 1. The second kappa shape index (κ2) is 5.73. The molecule has 0 aliphatic carbocycles. The van der Waals surface area contributed by atoms with Gasteiger partial charge in [0.05, 0.1) is 18.5 Å². The van der Waals surface area contributed by atoms with Crippen molar-refractivity contribution in [3.05, 3.63) is 41.5 Å². The Morgan fingerprint density at radius 2 is 2.21 bits per heavy atom. The third-order valence-electron chi connectivity index (χ3n) is 3.05. The number of rotatable bonds is 5. The normalized spacial score (nSPS) is 10.5. The van der Waals surface area contributed by atoms with Crippen LogP contribution in [0.3, 0.4) is 0 Å². The Bertz CT molecular complexity index is 566. The minimum Gasteiger partial charge on any atom is -0.492 e. The molecule has 1 aromatic carbocycles. The Kier molecular flexibility index (Phi) is 4.04. The van der Waals surface area contributed by atoms with Crippen LogP contribution in [0.4, 0.5) is 10.1 Å². The van der Waals surface area contributed by atoms with Gasteiger partial charge in [0.1, 0.15) is 11.6 Å². The fourth-order valence-corrected chi connectivity index (χ4v) is 1.83. The topological polar surface area (TPSA) is 39.1 Å². The van der Waals surface area contributed by atoms with Crippen molar-refractivity contribution in [1.29, 1.82) is 0 Å². The molecule has 0 amide bonds. The van der Waals surface area contributed by atoms with Crippen molar-refractivity contribution in [3.63, 3.8) is 0 Å². The molecule has 1 N–H and O–H groups in total. The van der Waals surface area contributed by atoms with Crippen LogP contribution in [0.15, 0.2) is 24.4 Å². The SMILES string of the molecule is CCOc1cc(F)ccc1NCc1cnn(C)c1C. The van der Waals surface area contributed by atoms with Crippen molar-refractivity contribution < 1.29 is 9.13 Å². The number of anilines is 1. The highest BCUT2D eigenvalue weighted by Crippen LogP contribution is 2.26. The lowest BCUT2D eigenvalue weighted by molar-refractivity contribution is 0.340. The summed E-state index contributed by atoms with van der Waals surface area (Å²) < 4.78 is 20.4. The maximum atomic E-state index is 13.2. The third-order valence-corrected chi connectivity index (χ3v) is 3.05. The van der Waals surface area contributed by atoms with Crippen LogP contribution in [0, 0.1) is 12.7 Å². The first kappa shape index (κ1) is 13.4. The van der Waals surface area contributed by atoms with Gasteiger partial charge >= 0.3 is 0 Å². The molecule has 0 spiro atoms. The molecular weight excluding hydrogens is 245 g/mol. The van der Waals surface area contributed by atoms with Crippen molar-refractivity contribution in [1.82, 2.24) is 9.78 Å². The van der Waals surface area contributed by atoms with Crippen LogP contribution >= 0.6 is 0 Å². The molecule has 0 bridgehead atoms. The summed E-state index contributed by atoms with van der Waals surface area (Å²) in [4.78, 5) is 0. The third kappa shape index (κ3) is 3.05. The lowest BCUT2D eigenvalue weighted by Gasteiger charge is -2.12. The Balaban J connectivity index is 2.12. The monoisotopic (exact) mass is 263 g/mol. The largest absolute Gasteiger partial charge is 0.492 e. The summed E-state index contributed by atoms with van der Waals surface area (Å²) in [6.45, 7) is 5.02. The van der Waals surface area contributed by atoms with Gasteiger partial charge in [-0.1, -0.05) is 0 Å². The number of nitrogens with one attached hydrogen (secondary N) is 1. The highest BCUT2D eigenvalue weighted by molar-refractivity contribution is 5.56. The van der Waals surface area contributed by atoms with Gasteiger partial charge in [0, 0.05) is 30.9 Å². The number of halogens is 1. The molecule has 0 aliphatic heterocycles. The highest BCUT2D eigenvalue weighted by Gasteiger charge is 2.07. The van der Waals surface area contributed by atoms with E-state index in [1.165, 1.54) is 12.1 Å². The second-order valence-electron chi connectivity index (χ2n) is 4.31. The van der Waals surface area contributed by atoms with Crippen LogP contribution in [0.5, 0.6) is 5.75 Å². The molecule has 2 rings (SSSR count). The number of aromatic nitrogens is 2. The maximum Gasteiger partial charge on any atom is 0.145 e. The summed E-state index contributed by atoms with van der Waals surface area (Å²) in [6.07, 6.45) is 1.83. The van der Waals surface area contributed by atoms with Crippen molar-refractivity contribution in [2.45, 2.75) is 20.4 Å². The standard InChI is InChI=1S/C14H18FN3O/c1-4-19-14-7-12(15)5-6-13(14)16-8-11-9-17-18(3)10(11)2/h5-7,9,16H,4,8H2,1-3H3. The van der Waals surface area contributed by atoms with Crippen LogP contribution in [-0.4, -0.2) is 16.4 Å². The van der Waals surface area contributed by atoms with E-state index >= 15 is 0 Å². The van der Waals surface area contributed by atoms with Gasteiger partial charge in [-0.25, -0.2) is 4.39 Å². The van der Waals surface area contributed by atoms with Gasteiger partial charge in [-0.2, -0.15) is 5.10 Å². The van der Waals surface area contributed by atoms with E-state index in [9.17, 15) is 4.39 Å². The molecule has 102 valence electrons. The molecule has 0 fully saturated rings. The van der Waals surface area contributed by atoms with E-state index in [2.05, 4.69) is 10.4 Å². The number of nitrogens with zero attached hydrogens (tertiary/aromatic N) is 2. The average molecular weight is 263 g/mol. The zero-order chi connectivity index (χ0) is 13.8. The van der Waals surface area contributed by atoms with E-state index in [0.29, 0.717) is 18.9 Å². The molecule has 0 saturated heterocycles. The minimum atomic E-state index is -0.299. The Labute approximate surface area is 112 Å². The van der Waals surface area contributed by atoms with E-state index in [0.717, 1.165) is 16.9 Å². The number of hydrogen-bond acceptors (Lipinski definition) is 3. The van der Waals surface area contributed by atoms with E-state index in [1.54, 1.807) is 6.07 Å². The van der Waals surface area contributed by atoms with Crippen LogP contribution in [0.1, 0.15) is 18.2 Å². The molecule has 4 nitrogen and oxygen atoms in total. The Morgan fingerprint density at radius 1 is 1.42 bits per heavy atom. The summed E-state index contributed by atoms with van der Waals surface area (Å²) in [5.41, 5.74) is 2.99. The van der Waals surface area contributed by atoms with Crippen molar-refractivity contribution in [3.8, 4) is 5.75 Å². The molecule has 5 heteroatoms. The van der Waals surface area contributed by atoms with Crippen LogP contribution in [0.2, 0.25) is 0 Å². The lowest BCUT2D eigenvalue weighted by Crippen LogP contribution is -2.04. The fourth-order valence-electron chi connectivity index (χ4n) is 1.83. The van der Waals surface area contributed by atoms with Crippen LogP contribution in [-0.2, 0) is 13.6 Å². The molecular formula is C14H18FN3O. The van der Waals surface area contributed by atoms with E-state index in [-0.39, 0.29) is 5.82 Å². The first-order valence-electron chi connectivity index (χ1n) is 6.25. The molecule has 2 aromatic rings. The quantitative estimate of drug-likeness (QED) is 0.901. The molecule has 0 aliphatic rings. The van der Waals surface area contributed by atoms with Gasteiger partial charge < -0.3 is 10.1 Å². The molecule has 0 atom stereocenters. The molecule has 1 aromatic heterocycles. The smallest absolute Gasteiger partial charge is 0.145 e. The molecule has 0 unspecified atom stereocenters. The van der Waals surface area contributed by atoms with Crippen molar-refractivity contribution in [2.75, 3.05) is 11.9 Å². The van der Waals surface area contributed by atoms with Gasteiger partial charge in [0.2, 0.25) is 0 Å². The van der Waals surface area contributed by atoms with E-state index < -0.39 is 0 Å². The summed E-state index contributed by atoms with van der Waals surface area (Å²) in [7, 11) is 1.91. The summed E-state index contributed by atoms with van der Waals surface area (Å²) in [5, 5.41) is 7.44. The van der Waals surface area contributed by atoms with Gasteiger partial charge in [0.25, 0.3) is 0 Å². The second-order valence-corrected chi connectivity index (χ2v) is 4.31. The number of ether oxygens (including phenoxy) is 1. The predicted octanol–water partition coefficient (Wildman–Crippen LogP) is 2.88. The van der Waals surface area contributed by atoms with Gasteiger partial charge in [-0.05, 0) is 26.0 Å². The Hall–Kier alpha value is -2.04. The van der Waals surface area contributed by atoms with Crippen molar-refractivity contribution in [2.24, 2.45) is 7.05 Å². The van der Waals surface area contributed by atoms with Gasteiger partial charge in [0.15, 0.2) is 0 Å². The molecule has 19 heavy (non-hydrogen) atoms. The van der Waals surface area contributed by atoms with E-state index in [4.69, 9.17) is 4.74 Å². The average Bonchev–Trinajstić information content (AvgIpc) is 2.70. The predicted molar refractivity (Wildman–Crippen MR) is 72.8 cm³/mol. The zero-order valence-electron chi connectivity index (χ0n) is 11.4. The summed E-state index contributed by atoms with van der Waals surface area (Å²) in [6, 6.07) is 4.49. The fraction of sp³-hybridized carbons (Fsp3) is 0.357. The minimum absolute atomic E-state index is 0.299. The molecule has 0 radical (unpaired) electrons. The zero-order valence-corrected chi connectivity index (χ0v) is 11.4. The molecule has 1 heterocycles. The van der Waals surface area contributed by atoms with Crippen LogP contribution < -0.4 is 10.1 Å². The van der Waals surface area contributed by atoms with Crippen molar-refractivity contribution >= 4 is 5.69 Å². The Morgan fingerprint density at radius 3 is 2.84 bits per heavy atom. The van der Waals surface area contributed by atoms with Crippen LogP contribution in [0.25, 0.3) is 0 Å². The first-order chi connectivity index (χ1) is 9.11. The maximum absolute atomic E-state index is 13.2. The number of aryl methyl sites for hydroxylation is 1.